The lowest BCUT2D eigenvalue weighted by molar-refractivity contribution is 0.0383. The Morgan fingerprint density at radius 3 is 2.65 bits per heavy atom. The summed E-state index contributed by atoms with van der Waals surface area (Å²) < 4.78 is 5.31. The van der Waals surface area contributed by atoms with Crippen molar-refractivity contribution in [2.45, 2.75) is 13.8 Å². The van der Waals surface area contributed by atoms with Gasteiger partial charge < -0.3 is 15.4 Å². The molecule has 3 rings (SSSR count). The number of nitrogens with one attached hydrogen (secondary N) is 2. The highest BCUT2D eigenvalue weighted by atomic mass is 16.5. The molecule has 26 heavy (non-hydrogen) atoms. The van der Waals surface area contributed by atoms with E-state index in [1.807, 2.05) is 6.07 Å². The fourth-order valence-corrected chi connectivity index (χ4v) is 2.72. The fourth-order valence-electron chi connectivity index (χ4n) is 2.72. The minimum absolute atomic E-state index is 0.205. The number of hydrogen-bond acceptors (Lipinski definition) is 6. The van der Waals surface area contributed by atoms with Crippen molar-refractivity contribution in [2.75, 3.05) is 44.7 Å². The second-order valence-corrected chi connectivity index (χ2v) is 6.42. The van der Waals surface area contributed by atoms with Gasteiger partial charge in [-0.2, -0.15) is 0 Å². The van der Waals surface area contributed by atoms with Crippen LogP contribution in [-0.4, -0.2) is 60.2 Å². The summed E-state index contributed by atoms with van der Waals surface area (Å²) in [6, 6.07) is 6.11. The average molecular weight is 355 g/mol. The van der Waals surface area contributed by atoms with Crippen molar-refractivity contribution in [3.63, 3.8) is 0 Å². The molecule has 0 unspecified atom stereocenters. The molecule has 0 spiro atoms. The van der Waals surface area contributed by atoms with Gasteiger partial charge in [0.1, 0.15) is 11.5 Å². The van der Waals surface area contributed by atoms with Crippen LogP contribution in [0.4, 0.5) is 11.5 Å². The van der Waals surface area contributed by atoms with Crippen LogP contribution in [0.2, 0.25) is 0 Å². The molecule has 2 N–H and O–H groups in total. The molecule has 1 aliphatic rings. The third-order valence-electron chi connectivity index (χ3n) is 4.48. The van der Waals surface area contributed by atoms with Crippen LogP contribution in [0.25, 0.3) is 0 Å². The highest BCUT2D eigenvalue weighted by Gasteiger charge is 2.12. The predicted octanol–water partition coefficient (Wildman–Crippen LogP) is 1.90. The molecule has 1 amide bonds. The van der Waals surface area contributed by atoms with Crippen LogP contribution in [0, 0.1) is 13.8 Å². The van der Waals surface area contributed by atoms with Crippen molar-refractivity contribution in [2.24, 2.45) is 0 Å². The fraction of sp³-hybridized carbons (Fsp3) is 0.421. The summed E-state index contributed by atoms with van der Waals surface area (Å²) in [5, 5.41) is 6.09. The van der Waals surface area contributed by atoms with E-state index in [1.165, 1.54) is 17.3 Å². The second-order valence-electron chi connectivity index (χ2n) is 6.42. The van der Waals surface area contributed by atoms with E-state index in [2.05, 4.69) is 51.5 Å². The normalized spacial score (nSPS) is 14.8. The highest BCUT2D eigenvalue weighted by Crippen LogP contribution is 2.17. The van der Waals surface area contributed by atoms with Crippen molar-refractivity contribution < 1.29 is 9.53 Å². The molecule has 0 radical (unpaired) electrons. The summed E-state index contributed by atoms with van der Waals surface area (Å²) in [5.41, 5.74) is 3.72. The number of benzene rings is 1. The first kappa shape index (κ1) is 18.3. The zero-order chi connectivity index (χ0) is 18.4. The lowest BCUT2D eigenvalue weighted by atomic mass is 10.1. The third kappa shape index (κ3) is 5.00. The van der Waals surface area contributed by atoms with Crippen LogP contribution in [0.5, 0.6) is 0 Å². The second kappa shape index (κ2) is 8.73. The molecule has 1 fully saturated rings. The molecular weight excluding hydrogens is 330 g/mol. The largest absolute Gasteiger partial charge is 0.379 e. The van der Waals surface area contributed by atoms with Crippen molar-refractivity contribution in [3.05, 3.63) is 47.4 Å². The Balaban J connectivity index is 1.49. The molecule has 2 aromatic rings. The molecule has 0 aliphatic carbocycles. The van der Waals surface area contributed by atoms with Gasteiger partial charge in [0.25, 0.3) is 5.91 Å². The molecule has 7 heteroatoms. The first-order chi connectivity index (χ1) is 12.6. The van der Waals surface area contributed by atoms with Gasteiger partial charge in [-0.25, -0.2) is 9.97 Å². The van der Waals surface area contributed by atoms with E-state index in [1.54, 1.807) is 6.20 Å². The van der Waals surface area contributed by atoms with Crippen LogP contribution in [0.1, 0.15) is 21.6 Å². The highest BCUT2D eigenvalue weighted by molar-refractivity contribution is 5.92. The molecule has 1 aromatic carbocycles. The maximum atomic E-state index is 12.2. The number of aromatic nitrogens is 2. The molecule has 7 nitrogen and oxygen atoms in total. The minimum Gasteiger partial charge on any atom is -0.379 e. The Hall–Kier alpha value is -2.51. The van der Waals surface area contributed by atoms with Gasteiger partial charge in [0, 0.05) is 31.9 Å². The number of ether oxygens (including phenoxy) is 1. The molecule has 1 aliphatic heterocycles. The first-order valence-corrected chi connectivity index (χ1v) is 8.86. The Kier molecular flexibility index (Phi) is 6.14. The Bertz CT molecular complexity index is 742. The lowest BCUT2D eigenvalue weighted by Gasteiger charge is -2.26. The summed E-state index contributed by atoms with van der Waals surface area (Å²) in [5.74, 6) is 0.404. The summed E-state index contributed by atoms with van der Waals surface area (Å²) >= 11 is 0. The smallest absolute Gasteiger partial charge is 0.271 e. The quantitative estimate of drug-likeness (QED) is 0.824. The van der Waals surface area contributed by atoms with E-state index < -0.39 is 0 Å². The summed E-state index contributed by atoms with van der Waals surface area (Å²) in [6.07, 6.45) is 3.07. The zero-order valence-corrected chi connectivity index (χ0v) is 15.3. The molecular formula is C19H25N5O2. The van der Waals surface area contributed by atoms with Crippen molar-refractivity contribution >= 4 is 17.4 Å². The number of amides is 1. The van der Waals surface area contributed by atoms with Crippen molar-refractivity contribution in [1.82, 2.24) is 20.2 Å². The number of anilines is 2. The van der Waals surface area contributed by atoms with E-state index >= 15 is 0 Å². The molecule has 1 saturated heterocycles. The van der Waals surface area contributed by atoms with Gasteiger partial charge >= 0.3 is 0 Å². The van der Waals surface area contributed by atoms with Crippen LogP contribution in [-0.2, 0) is 4.74 Å². The number of aryl methyl sites for hydroxylation is 2. The van der Waals surface area contributed by atoms with E-state index in [0.29, 0.717) is 18.1 Å². The zero-order valence-electron chi connectivity index (χ0n) is 15.3. The van der Waals surface area contributed by atoms with Crippen LogP contribution < -0.4 is 10.6 Å². The van der Waals surface area contributed by atoms with Gasteiger partial charge in [-0.1, -0.05) is 6.07 Å². The molecule has 0 saturated carbocycles. The standard InChI is InChI=1S/C19H25N5O2/c1-14-3-4-16(11-15(14)2)23-18-13-21-17(12-22-18)19(25)20-5-6-24-7-9-26-10-8-24/h3-4,11-13H,5-10H2,1-2H3,(H,20,25)(H,22,23). The molecule has 0 bridgehead atoms. The average Bonchev–Trinajstić information content (AvgIpc) is 2.66. The van der Waals surface area contributed by atoms with Gasteiger partial charge in [0.05, 0.1) is 25.6 Å². The molecule has 138 valence electrons. The first-order valence-electron chi connectivity index (χ1n) is 8.86. The predicted molar refractivity (Wildman–Crippen MR) is 101 cm³/mol. The number of carbonyl (C=O) groups excluding carboxylic acids is 1. The monoisotopic (exact) mass is 355 g/mol. The number of carbonyl (C=O) groups is 1. The van der Waals surface area contributed by atoms with Crippen molar-refractivity contribution in [3.8, 4) is 0 Å². The maximum absolute atomic E-state index is 12.2. The maximum Gasteiger partial charge on any atom is 0.271 e. The molecule has 1 aromatic heterocycles. The van der Waals surface area contributed by atoms with E-state index in [-0.39, 0.29) is 5.91 Å². The number of hydrogen-bond donors (Lipinski definition) is 2. The Morgan fingerprint density at radius 2 is 1.96 bits per heavy atom. The summed E-state index contributed by atoms with van der Waals surface area (Å²) in [6.45, 7) is 8.88. The lowest BCUT2D eigenvalue weighted by Crippen LogP contribution is -2.41. The molecule has 2 heterocycles. The van der Waals surface area contributed by atoms with Crippen LogP contribution in [0.15, 0.2) is 30.6 Å². The number of morpholine rings is 1. The van der Waals surface area contributed by atoms with E-state index in [0.717, 1.165) is 38.5 Å². The van der Waals surface area contributed by atoms with Crippen LogP contribution in [0.3, 0.4) is 0 Å². The number of nitrogens with zero attached hydrogens (tertiary/aromatic N) is 3. The molecule has 0 atom stereocenters. The van der Waals surface area contributed by atoms with E-state index in [9.17, 15) is 4.79 Å². The van der Waals surface area contributed by atoms with Crippen molar-refractivity contribution in [1.29, 1.82) is 0 Å². The van der Waals surface area contributed by atoms with E-state index in [4.69, 9.17) is 4.74 Å². The van der Waals surface area contributed by atoms with Gasteiger partial charge in [0.15, 0.2) is 0 Å². The van der Waals surface area contributed by atoms with Gasteiger partial charge in [-0.3, -0.25) is 9.69 Å². The Morgan fingerprint density at radius 1 is 1.15 bits per heavy atom. The summed E-state index contributed by atoms with van der Waals surface area (Å²) in [4.78, 5) is 22.9. The minimum atomic E-state index is -0.205. The van der Waals surface area contributed by atoms with Crippen LogP contribution >= 0.6 is 0 Å². The topological polar surface area (TPSA) is 79.4 Å². The number of rotatable bonds is 6. The SMILES string of the molecule is Cc1ccc(Nc2cnc(C(=O)NCCN3CCOCC3)cn2)cc1C. The van der Waals surface area contributed by atoms with Gasteiger partial charge in [-0.15, -0.1) is 0 Å². The third-order valence-corrected chi connectivity index (χ3v) is 4.48. The van der Waals surface area contributed by atoms with Gasteiger partial charge in [0.2, 0.25) is 0 Å². The van der Waals surface area contributed by atoms with Gasteiger partial charge in [-0.05, 0) is 37.1 Å². The Labute approximate surface area is 153 Å². The summed E-state index contributed by atoms with van der Waals surface area (Å²) in [7, 11) is 0.